The molecule has 3 nitrogen and oxygen atoms in total. The smallest absolute Gasteiger partial charge is 0.227 e. The zero-order valence-corrected chi connectivity index (χ0v) is 30.6. The molecule has 8 aromatic carbocycles. The Morgan fingerprint density at radius 2 is 1.07 bits per heavy atom. The maximum Gasteiger partial charge on any atom is 0.227 e. The molecule has 0 bridgehead atoms. The Morgan fingerprint density at radius 1 is 0.444 bits per heavy atom. The summed E-state index contributed by atoms with van der Waals surface area (Å²) in [6, 6.07) is 64.9. The largest absolute Gasteiger partial charge is 0.435 e. The summed E-state index contributed by atoms with van der Waals surface area (Å²) in [6.07, 6.45) is 0. The van der Waals surface area contributed by atoms with Crippen molar-refractivity contribution in [1.29, 1.82) is 0 Å². The molecule has 11 aromatic rings. The highest BCUT2D eigenvalue weighted by Crippen LogP contribution is 2.48. The van der Waals surface area contributed by atoms with Crippen LogP contribution < -0.4 is 4.90 Å². The van der Waals surface area contributed by atoms with E-state index in [0.29, 0.717) is 5.89 Å². The Bertz CT molecular complexity index is 3160. The van der Waals surface area contributed by atoms with Gasteiger partial charge in [0.1, 0.15) is 5.52 Å². The van der Waals surface area contributed by atoms with Crippen molar-refractivity contribution >= 4 is 91.2 Å². The average Bonchev–Trinajstić information content (AvgIpc) is 3.96. The number of hydrogen-bond acceptors (Lipinski definition) is 5. The Kier molecular flexibility index (Phi) is 7.22. The number of nitrogens with zero attached hydrogens (tertiary/aromatic N) is 2. The van der Waals surface area contributed by atoms with Gasteiger partial charge >= 0.3 is 0 Å². The van der Waals surface area contributed by atoms with Crippen molar-refractivity contribution in [3.8, 4) is 33.7 Å². The third-order valence-electron chi connectivity index (χ3n) is 10.3. The van der Waals surface area contributed by atoms with Crippen LogP contribution >= 0.6 is 22.7 Å². The summed E-state index contributed by atoms with van der Waals surface area (Å²) in [4.78, 5) is 7.45. The van der Waals surface area contributed by atoms with Crippen molar-refractivity contribution in [2.24, 2.45) is 0 Å². The summed E-state index contributed by atoms with van der Waals surface area (Å²) < 4.78 is 11.6. The normalized spacial score (nSPS) is 11.7. The molecule has 5 heteroatoms. The lowest BCUT2D eigenvalue weighted by atomic mass is 10.0. The molecule has 0 amide bonds. The number of benzene rings is 8. The van der Waals surface area contributed by atoms with E-state index in [1.54, 1.807) is 0 Å². The minimum Gasteiger partial charge on any atom is -0.435 e. The van der Waals surface area contributed by atoms with E-state index >= 15 is 0 Å². The fraction of sp³-hybridized carbons (Fsp3) is 0. The second-order valence-electron chi connectivity index (χ2n) is 13.5. The maximum atomic E-state index is 6.56. The predicted octanol–water partition coefficient (Wildman–Crippen LogP) is 15.0. The van der Waals surface area contributed by atoms with Crippen molar-refractivity contribution in [2.45, 2.75) is 0 Å². The molecule has 11 rings (SSSR count). The van der Waals surface area contributed by atoms with Gasteiger partial charge in [-0.25, -0.2) is 4.98 Å². The van der Waals surface area contributed by atoms with Crippen molar-refractivity contribution in [3.05, 3.63) is 182 Å². The number of fused-ring (bicyclic) bond motifs is 8. The molecule has 0 aliphatic carbocycles. The molecule has 0 fully saturated rings. The highest BCUT2D eigenvalue weighted by atomic mass is 32.1. The molecule has 254 valence electrons. The van der Waals surface area contributed by atoms with Crippen molar-refractivity contribution in [2.75, 3.05) is 4.90 Å². The van der Waals surface area contributed by atoms with Gasteiger partial charge in [-0.3, -0.25) is 0 Å². The van der Waals surface area contributed by atoms with E-state index in [-0.39, 0.29) is 0 Å². The van der Waals surface area contributed by atoms with Crippen LogP contribution in [0.15, 0.2) is 186 Å². The number of oxazole rings is 1. The van der Waals surface area contributed by atoms with Crippen LogP contribution in [0, 0.1) is 0 Å². The minimum atomic E-state index is 0.637. The van der Waals surface area contributed by atoms with Gasteiger partial charge in [-0.05, 0) is 77.4 Å². The number of aromatic nitrogens is 1. The summed E-state index contributed by atoms with van der Waals surface area (Å²) in [5.74, 6) is 0.637. The molecule has 0 aliphatic rings. The molecular formula is C49H30N2OS2. The van der Waals surface area contributed by atoms with Crippen molar-refractivity contribution in [3.63, 3.8) is 0 Å². The van der Waals surface area contributed by atoms with E-state index in [1.165, 1.54) is 46.1 Å². The zero-order valence-electron chi connectivity index (χ0n) is 28.9. The first-order valence-electron chi connectivity index (χ1n) is 18.0. The first-order valence-corrected chi connectivity index (χ1v) is 19.7. The molecule has 0 N–H and O–H groups in total. The van der Waals surface area contributed by atoms with Crippen molar-refractivity contribution in [1.82, 2.24) is 4.98 Å². The molecule has 0 saturated heterocycles. The Hall–Kier alpha value is -6.53. The Labute approximate surface area is 319 Å². The standard InChI is InChI=1S/C49H30N2OS2/c1-3-13-31(14-4-1)34-17-11-18-36(29-34)51(42-22-12-21-38-37-19-7-9-23-43(37)53-47(38)42)35-27-25-32(26-28-35)40-30-41-46(52-49(50-41)33-15-5-2-6-16-33)45-39-20-8-10-24-44(39)54-48(40)45/h1-30H. The van der Waals surface area contributed by atoms with Crippen LogP contribution in [-0.2, 0) is 0 Å². The maximum absolute atomic E-state index is 6.56. The van der Waals surface area contributed by atoms with E-state index in [9.17, 15) is 0 Å². The van der Waals surface area contributed by atoms with Crippen LogP contribution in [0.4, 0.5) is 17.1 Å². The molecule has 0 atom stereocenters. The van der Waals surface area contributed by atoms with Gasteiger partial charge < -0.3 is 9.32 Å². The number of rotatable bonds is 6. The molecule has 0 saturated carbocycles. The fourth-order valence-electron chi connectivity index (χ4n) is 7.77. The highest BCUT2D eigenvalue weighted by molar-refractivity contribution is 7.27. The second-order valence-corrected chi connectivity index (χ2v) is 15.6. The van der Waals surface area contributed by atoms with Gasteiger partial charge in [0.2, 0.25) is 5.89 Å². The van der Waals surface area contributed by atoms with Crippen LogP contribution in [0.2, 0.25) is 0 Å². The highest BCUT2D eigenvalue weighted by Gasteiger charge is 2.22. The van der Waals surface area contributed by atoms with E-state index in [1.807, 2.05) is 53.0 Å². The van der Waals surface area contributed by atoms with Crippen LogP contribution in [0.3, 0.4) is 0 Å². The van der Waals surface area contributed by atoms with Gasteiger partial charge in [0.15, 0.2) is 5.58 Å². The lowest BCUT2D eigenvalue weighted by Gasteiger charge is -2.27. The van der Waals surface area contributed by atoms with E-state index in [2.05, 4.69) is 157 Å². The van der Waals surface area contributed by atoms with E-state index in [4.69, 9.17) is 9.40 Å². The second kappa shape index (κ2) is 12.6. The van der Waals surface area contributed by atoms with Crippen LogP contribution in [0.1, 0.15) is 0 Å². The SMILES string of the molecule is c1ccc(-c2cccc(N(c3ccc(-c4cc5nc(-c6ccccc6)oc5c5c4sc4ccccc45)cc3)c3cccc4c3sc3ccccc34)c2)cc1. The van der Waals surface area contributed by atoms with Gasteiger partial charge in [-0.15, -0.1) is 22.7 Å². The summed E-state index contributed by atoms with van der Waals surface area (Å²) in [5.41, 5.74) is 10.7. The number of hydrogen-bond donors (Lipinski definition) is 0. The molecule has 0 unspecified atom stereocenters. The van der Waals surface area contributed by atoms with Gasteiger partial charge in [-0.2, -0.15) is 0 Å². The summed E-state index contributed by atoms with van der Waals surface area (Å²) in [7, 11) is 0. The summed E-state index contributed by atoms with van der Waals surface area (Å²) in [6.45, 7) is 0. The first kappa shape index (κ1) is 31.0. The minimum absolute atomic E-state index is 0.637. The average molecular weight is 727 g/mol. The predicted molar refractivity (Wildman–Crippen MR) is 231 cm³/mol. The van der Waals surface area contributed by atoms with E-state index < -0.39 is 0 Å². The lowest BCUT2D eigenvalue weighted by Crippen LogP contribution is -2.10. The molecule has 0 spiro atoms. The quantitative estimate of drug-likeness (QED) is 0.171. The third kappa shape index (κ3) is 5.05. The van der Waals surface area contributed by atoms with Gasteiger partial charge in [0.05, 0.1) is 10.4 Å². The molecule has 54 heavy (non-hydrogen) atoms. The van der Waals surface area contributed by atoms with Crippen LogP contribution in [-0.4, -0.2) is 4.98 Å². The van der Waals surface area contributed by atoms with Crippen LogP contribution in [0.25, 0.3) is 85.2 Å². The van der Waals surface area contributed by atoms with Gasteiger partial charge in [0, 0.05) is 58.1 Å². The summed E-state index contributed by atoms with van der Waals surface area (Å²) >= 11 is 3.67. The summed E-state index contributed by atoms with van der Waals surface area (Å²) in [5, 5.41) is 4.88. The first-order chi connectivity index (χ1) is 26.8. The monoisotopic (exact) mass is 726 g/mol. The topological polar surface area (TPSA) is 29.3 Å². The van der Waals surface area contributed by atoms with E-state index in [0.717, 1.165) is 50.2 Å². The molecular weight excluding hydrogens is 697 g/mol. The molecule has 3 aromatic heterocycles. The molecule has 3 heterocycles. The fourth-order valence-corrected chi connectivity index (χ4v) is 10.2. The van der Waals surface area contributed by atoms with Gasteiger partial charge in [-0.1, -0.05) is 121 Å². The zero-order chi connectivity index (χ0) is 35.6. The van der Waals surface area contributed by atoms with Crippen molar-refractivity contribution < 1.29 is 4.42 Å². The molecule has 0 aliphatic heterocycles. The Morgan fingerprint density at radius 3 is 1.87 bits per heavy atom. The van der Waals surface area contributed by atoms with Crippen LogP contribution in [0.5, 0.6) is 0 Å². The Balaban J connectivity index is 1.10. The number of thiophene rings is 2. The number of anilines is 3. The third-order valence-corrected chi connectivity index (χ3v) is 12.7. The lowest BCUT2D eigenvalue weighted by molar-refractivity contribution is 0.623. The molecule has 0 radical (unpaired) electrons. The van der Waals surface area contributed by atoms with Gasteiger partial charge in [0.25, 0.3) is 0 Å².